The highest BCUT2D eigenvalue weighted by Crippen LogP contribution is 2.20. The van der Waals surface area contributed by atoms with E-state index in [9.17, 15) is 5.11 Å². The van der Waals surface area contributed by atoms with Crippen LogP contribution in [-0.4, -0.2) is 23.9 Å². The molecule has 1 aromatic carbocycles. The first kappa shape index (κ1) is 10.5. The Morgan fingerprint density at radius 3 is 2.93 bits per heavy atom. The van der Waals surface area contributed by atoms with Crippen molar-refractivity contribution < 1.29 is 9.84 Å². The largest absolute Gasteiger partial charge is 0.508 e. The first-order valence-corrected chi connectivity index (χ1v) is 5.29. The van der Waals surface area contributed by atoms with Crippen LogP contribution in [0.15, 0.2) is 24.3 Å². The van der Waals surface area contributed by atoms with E-state index in [1.807, 2.05) is 18.2 Å². The standard InChI is InChI=1S/C12H17NO2/c1-12(6-7-15-9-12)13-8-10-4-2-3-5-11(10)14/h2-5,13-14H,6-9H2,1H3. The molecule has 1 aromatic rings. The highest BCUT2D eigenvalue weighted by atomic mass is 16.5. The first-order valence-electron chi connectivity index (χ1n) is 5.29. The van der Waals surface area contributed by atoms with E-state index < -0.39 is 0 Å². The maximum absolute atomic E-state index is 9.60. The van der Waals surface area contributed by atoms with Crippen LogP contribution in [0.2, 0.25) is 0 Å². The average Bonchev–Trinajstić information content (AvgIpc) is 2.65. The van der Waals surface area contributed by atoms with Crippen LogP contribution in [-0.2, 0) is 11.3 Å². The summed E-state index contributed by atoms with van der Waals surface area (Å²) in [5.41, 5.74) is 0.994. The van der Waals surface area contributed by atoms with Crippen LogP contribution in [0.4, 0.5) is 0 Å². The molecule has 3 nitrogen and oxygen atoms in total. The lowest BCUT2D eigenvalue weighted by molar-refractivity contribution is 0.171. The minimum Gasteiger partial charge on any atom is -0.508 e. The van der Waals surface area contributed by atoms with Gasteiger partial charge in [0.05, 0.1) is 6.61 Å². The second-order valence-electron chi connectivity index (χ2n) is 4.35. The van der Waals surface area contributed by atoms with Crippen LogP contribution in [0, 0.1) is 0 Å². The van der Waals surface area contributed by atoms with Crippen molar-refractivity contribution in [2.75, 3.05) is 13.2 Å². The number of phenolic OH excluding ortho intramolecular Hbond substituents is 1. The van der Waals surface area contributed by atoms with Gasteiger partial charge in [-0.1, -0.05) is 18.2 Å². The molecule has 1 atom stereocenters. The summed E-state index contributed by atoms with van der Waals surface area (Å²) in [7, 11) is 0. The van der Waals surface area contributed by atoms with Gasteiger partial charge < -0.3 is 15.2 Å². The van der Waals surface area contributed by atoms with Crippen LogP contribution in [0.1, 0.15) is 18.9 Å². The molecule has 0 bridgehead atoms. The SMILES string of the molecule is CC1(NCc2ccccc2O)CCOC1. The Morgan fingerprint density at radius 2 is 2.27 bits per heavy atom. The molecule has 2 N–H and O–H groups in total. The summed E-state index contributed by atoms with van der Waals surface area (Å²) < 4.78 is 5.35. The van der Waals surface area contributed by atoms with E-state index >= 15 is 0 Å². The van der Waals surface area contributed by atoms with E-state index in [0.29, 0.717) is 12.3 Å². The van der Waals surface area contributed by atoms with Gasteiger partial charge in [0, 0.05) is 24.3 Å². The minimum absolute atomic E-state index is 0.0578. The molecule has 1 aliphatic rings. The van der Waals surface area contributed by atoms with Crippen molar-refractivity contribution in [1.82, 2.24) is 5.32 Å². The molecule has 1 unspecified atom stereocenters. The molecule has 82 valence electrons. The third kappa shape index (κ3) is 2.49. The summed E-state index contributed by atoms with van der Waals surface area (Å²) >= 11 is 0. The summed E-state index contributed by atoms with van der Waals surface area (Å²) in [6.07, 6.45) is 1.03. The smallest absolute Gasteiger partial charge is 0.120 e. The molecule has 1 aliphatic heterocycles. The number of rotatable bonds is 3. The Morgan fingerprint density at radius 1 is 1.47 bits per heavy atom. The molecule has 0 radical (unpaired) electrons. The van der Waals surface area contributed by atoms with Gasteiger partial charge in [0.2, 0.25) is 0 Å². The fourth-order valence-corrected chi connectivity index (χ4v) is 1.78. The Labute approximate surface area is 90.1 Å². The van der Waals surface area contributed by atoms with Crippen molar-refractivity contribution in [3.05, 3.63) is 29.8 Å². The number of ether oxygens (including phenoxy) is 1. The summed E-state index contributed by atoms with van der Waals surface area (Å²) in [6, 6.07) is 7.41. The van der Waals surface area contributed by atoms with E-state index in [1.54, 1.807) is 6.07 Å². The number of para-hydroxylation sites is 1. The van der Waals surface area contributed by atoms with Crippen molar-refractivity contribution in [3.8, 4) is 5.75 Å². The molecule has 2 rings (SSSR count). The quantitative estimate of drug-likeness (QED) is 0.792. The Hall–Kier alpha value is -1.06. The zero-order chi connectivity index (χ0) is 10.7. The average molecular weight is 207 g/mol. The van der Waals surface area contributed by atoms with Gasteiger partial charge in [-0.25, -0.2) is 0 Å². The predicted molar refractivity (Wildman–Crippen MR) is 58.8 cm³/mol. The van der Waals surface area contributed by atoms with Gasteiger partial charge in [0.15, 0.2) is 0 Å². The molecule has 0 saturated carbocycles. The first-order chi connectivity index (χ1) is 7.20. The fraction of sp³-hybridized carbons (Fsp3) is 0.500. The summed E-state index contributed by atoms with van der Waals surface area (Å²) in [5, 5.41) is 13.0. The third-order valence-corrected chi connectivity index (χ3v) is 2.92. The lowest BCUT2D eigenvalue weighted by atomic mass is 10.0. The molecule has 1 fully saturated rings. The lowest BCUT2D eigenvalue weighted by Gasteiger charge is -2.23. The van der Waals surface area contributed by atoms with Gasteiger partial charge in [-0.15, -0.1) is 0 Å². The number of benzene rings is 1. The summed E-state index contributed by atoms with van der Waals surface area (Å²) in [6.45, 7) is 4.41. The van der Waals surface area contributed by atoms with Crippen LogP contribution in [0.5, 0.6) is 5.75 Å². The zero-order valence-corrected chi connectivity index (χ0v) is 8.99. The molecule has 1 saturated heterocycles. The van der Waals surface area contributed by atoms with Crippen LogP contribution in [0.3, 0.4) is 0 Å². The second kappa shape index (κ2) is 4.21. The molecule has 1 heterocycles. The van der Waals surface area contributed by atoms with E-state index in [1.165, 1.54) is 0 Å². The van der Waals surface area contributed by atoms with Crippen molar-refractivity contribution >= 4 is 0 Å². The topological polar surface area (TPSA) is 41.5 Å². The third-order valence-electron chi connectivity index (χ3n) is 2.92. The number of aromatic hydroxyl groups is 1. The molecule has 3 heteroatoms. The van der Waals surface area contributed by atoms with Crippen molar-refractivity contribution in [2.24, 2.45) is 0 Å². The van der Waals surface area contributed by atoms with Crippen LogP contribution >= 0.6 is 0 Å². The number of nitrogens with one attached hydrogen (secondary N) is 1. The highest BCUT2D eigenvalue weighted by molar-refractivity contribution is 5.31. The molecule has 0 spiro atoms. The summed E-state index contributed by atoms with van der Waals surface area (Å²) in [5.74, 6) is 0.354. The number of hydrogen-bond donors (Lipinski definition) is 2. The van der Waals surface area contributed by atoms with E-state index in [2.05, 4.69) is 12.2 Å². The van der Waals surface area contributed by atoms with Gasteiger partial charge in [-0.3, -0.25) is 0 Å². The van der Waals surface area contributed by atoms with Gasteiger partial charge >= 0.3 is 0 Å². The Bertz CT molecular complexity index is 332. The molecule has 0 aliphatic carbocycles. The predicted octanol–water partition coefficient (Wildman–Crippen LogP) is 1.66. The normalized spacial score (nSPS) is 25.7. The van der Waals surface area contributed by atoms with Crippen LogP contribution in [0.25, 0.3) is 0 Å². The molecule has 0 aromatic heterocycles. The van der Waals surface area contributed by atoms with E-state index in [0.717, 1.165) is 25.2 Å². The molecular weight excluding hydrogens is 190 g/mol. The van der Waals surface area contributed by atoms with Gasteiger partial charge in [0.25, 0.3) is 0 Å². The van der Waals surface area contributed by atoms with Crippen molar-refractivity contribution in [2.45, 2.75) is 25.4 Å². The Kier molecular flexibility index (Phi) is 2.93. The fourth-order valence-electron chi connectivity index (χ4n) is 1.78. The molecule has 15 heavy (non-hydrogen) atoms. The Balaban J connectivity index is 1.95. The maximum atomic E-state index is 9.60. The number of hydrogen-bond acceptors (Lipinski definition) is 3. The molecular formula is C12H17NO2. The van der Waals surface area contributed by atoms with Crippen molar-refractivity contribution in [3.63, 3.8) is 0 Å². The monoisotopic (exact) mass is 207 g/mol. The van der Waals surface area contributed by atoms with Gasteiger partial charge in [0.1, 0.15) is 5.75 Å². The van der Waals surface area contributed by atoms with Crippen molar-refractivity contribution in [1.29, 1.82) is 0 Å². The van der Waals surface area contributed by atoms with Crippen LogP contribution < -0.4 is 5.32 Å². The minimum atomic E-state index is 0.0578. The number of phenols is 1. The summed E-state index contributed by atoms with van der Waals surface area (Å²) in [4.78, 5) is 0. The van der Waals surface area contributed by atoms with Gasteiger partial charge in [-0.05, 0) is 19.4 Å². The van der Waals surface area contributed by atoms with Gasteiger partial charge in [-0.2, -0.15) is 0 Å². The highest BCUT2D eigenvalue weighted by Gasteiger charge is 2.28. The van der Waals surface area contributed by atoms with E-state index in [4.69, 9.17) is 4.74 Å². The van der Waals surface area contributed by atoms with E-state index in [-0.39, 0.29) is 5.54 Å². The molecule has 0 amide bonds. The second-order valence-corrected chi connectivity index (χ2v) is 4.35. The lowest BCUT2D eigenvalue weighted by Crippen LogP contribution is -2.42. The zero-order valence-electron chi connectivity index (χ0n) is 8.99. The maximum Gasteiger partial charge on any atom is 0.120 e.